The van der Waals surface area contributed by atoms with Crippen LogP contribution in [0, 0.1) is 11.8 Å². The van der Waals surface area contributed by atoms with Crippen molar-refractivity contribution >= 4 is 11.8 Å². The van der Waals surface area contributed by atoms with Crippen LogP contribution in [-0.4, -0.2) is 60.7 Å². The first-order chi connectivity index (χ1) is 12.9. The number of fused-ring (bicyclic) bond motifs is 1. The predicted molar refractivity (Wildman–Crippen MR) is 99.4 cm³/mol. The number of rotatable bonds is 5. The quantitative estimate of drug-likeness (QED) is 0.836. The first-order valence-electron chi connectivity index (χ1n) is 10.1. The highest BCUT2D eigenvalue weighted by Crippen LogP contribution is 2.33. The zero-order valence-corrected chi connectivity index (χ0v) is 16.8. The Morgan fingerprint density at radius 3 is 2.48 bits per heavy atom. The van der Waals surface area contributed by atoms with E-state index in [1.165, 1.54) is 0 Å². The minimum Gasteiger partial charge on any atom is -0.391 e. The molecule has 0 radical (unpaired) electrons. The number of hydrogen-bond acceptors (Lipinski definition) is 5. The van der Waals surface area contributed by atoms with Gasteiger partial charge in [0.2, 0.25) is 11.8 Å². The summed E-state index contributed by atoms with van der Waals surface area (Å²) in [6.07, 6.45) is 1.63. The average molecular weight is 377 g/mol. The van der Waals surface area contributed by atoms with Crippen LogP contribution < -0.4 is 0 Å². The molecule has 3 rings (SSSR count). The van der Waals surface area contributed by atoms with E-state index >= 15 is 0 Å². The van der Waals surface area contributed by atoms with Crippen molar-refractivity contribution in [2.75, 3.05) is 13.1 Å². The molecular weight excluding hydrogens is 346 g/mol. The number of likely N-dealkylation sites (tertiary alicyclic amines) is 1. The summed E-state index contributed by atoms with van der Waals surface area (Å²) in [5.74, 6) is 1.62. The normalized spacial score (nSPS) is 22.6. The molecule has 0 saturated carbocycles. The predicted octanol–water partition coefficient (Wildman–Crippen LogP) is 1.35. The standard InChI is InChI=1S/C19H31N5O3/c1-5-13(6-2)19(27)22-7-8-23-16(11-22)20-21-17(23)15-9-14(25)10-24(15)18(26)12(3)4/h12-15,25H,5-11H2,1-4H3/t14-,15+/m1/s1. The fourth-order valence-electron chi connectivity index (χ4n) is 4.14. The molecule has 1 saturated heterocycles. The van der Waals surface area contributed by atoms with Crippen molar-refractivity contribution in [3.8, 4) is 0 Å². The molecule has 2 amide bonds. The summed E-state index contributed by atoms with van der Waals surface area (Å²) in [5, 5.41) is 18.8. The molecule has 0 unspecified atom stereocenters. The lowest BCUT2D eigenvalue weighted by atomic mass is 10.0. The number of carbonyl (C=O) groups excluding carboxylic acids is 2. The Balaban J connectivity index is 1.80. The van der Waals surface area contributed by atoms with Crippen LogP contribution in [0.1, 0.15) is 64.6 Å². The number of aromatic nitrogens is 3. The molecule has 0 aliphatic carbocycles. The topological polar surface area (TPSA) is 91.6 Å². The van der Waals surface area contributed by atoms with Gasteiger partial charge < -0.3 is 19.5 Å². The summed E-state index contributed by atoms with van der Waals surface area (Å²) >= 11 is 0. The molecule has 3 heterocycles. The van der Waals surface area contributed by atoms with Gasteiger partial charge in [0.05, 0.1) is 18.7 Å². The maximum Gasteiger partial charge on any atom is 0.226 e. The van der Waals surface area contributed by atoms with Crippen LogP contribution in [0.25, 0.3) is 0 Å². The summed E-state index contributed by atoms with van der Waals surface area (Å²) in [7, 11) is 0. The van der Waals surface area contributed by atoms with Gasteiger partial charge in [-0.2, -0.15) is 0 Å². The fraction of sp³-hybridized carbons (Fsp3) is 0.789. The van der Waals surface area contributed by atoms with E-state index in [4.69, 9.17) is 0 Å². The van der Waals surface area contributed by atoms with Gasteiger partial charge in [-0.3, -0.25) is 9.59 Å². The average Bonchev–Trinajstić information content (AvgIpc) is 3.24. The van der Waals surface area contributed by atoms with Crippen molar-refractivity contribution in [3.63, 3.8) is 0 Å². The first-order valence-corrected chi connectivity index (χ1v) is 10.1. The van der Waals surface area contributed by atoms with Crippen molar-refractivity contribution in [3.05, 3.63) is 11.6 Å². The monoisotopic (exact) mass is 377 g/mol. The number of hydrogen-bond donors (Lipinski definition) is 1. The van der Waals surface area contributed by atoms with Gasteiger partial charge in [-0.05, 0) is 12.8 Å². The van der Waals surface area contributed by atoms with Crippen LogP contribution >= 0.6 is 0 Å². The van der Waals surface area contributed by atoms with Crippen LogP contribution in [0.15, 0.2) is 0 Å². The van der Waals surface area contributed by atoms with Gasteiger partial charge in [0, 0.05) is 37.9 Å². The van der Waals surface area contributed by atoms with Crippen molar-refractivity contribution in [2.45, 2.75) is 72.2 Å². The molecule has 0 bridgehead atoms. The van der Waals surface area contributed by atoms with Gasteiger partial charge in [-0.1, -0.05) is 27.7 Å². The van der Waals surface area contributed by atoms with E-state index in [0.29, 0.717) is 32.6 Å². The zero-order chi connectivity index (χ0) is 19.7. The number of β-amino-alcohol motifs (C(OH)–C–C–N with tert-alkyl or cyclic N) is 1. The Morgan fingerprint density at radius 2 is 1.85 bits per heavy atom. The SMILES string of the molecule is CCC(CC)C(=O)N1CCn2c(nnc2[C@@H]2C[C@@H](O)CN2C(=O)C(C)C)C1. The first kappa shape index (κ1) is 19.8. The lowest BCUT2D eigenvalue weighted by Crippen LogP contribution is -2.42. The van der Waals surface area contributed by atoms with E-state index in [1.54, 1.807) is 4.90 Å². The van der Waals surface area contributed by atoms with Gasteiger partial charge in [0.25, 0.3) is 0 Å². The van der Waals surface area contributed by atoms with Gasteiger partial charge in [-0.15, -0.1) is 10.2 Å². The molecule has 27 heavy (non-hydrogen) atoms. The highest BCUT2D eigenvalue weighted by atomic mass is 16.3. The molecule has 1 fully saturated rings. The smallest absolute Gasteiger partial charge is 0.226 e. The molecule has 2 aliphatic heterocycles. The Morgan fingerprint density at radius 1 is 1.15 bits per heavy atom. The summed E-state index contributed by atoms with van der Waals surface area (Å²) in [5.41, 5.74) is 0. The second kappa shape index (κ2) is 7.96. The van der Waals surface area contributed by atoms with Crippen molar-refractivity contribution in [2.24, 2.45) is 11.8 Å². The lowest BCUT2D eigenvalue weighted by Gasteiger charge is -2.32. The van der Waals surface area contributed by atoms with Gasteiger partial charge >= 0.3 is 0 Å². The van der Waals surface area contributed by atoms with Gasteiger partial charge in [0.15, 0.2) is 11.6 Å². The van der Waals surface area contributed by atoms with E-state index in [1.807, 2.05) is 37.2 Å². The number of carbonyl (C=O) groups is 2. The highest BCUT2D eigenvalue weighted by Gasteiger charge is 2.40. The lowest BCUT2D eigenvalue weighted by molar-refractivity contribution is -0.137. The molecule has 0 aromatic carbocycles. The van der Waals surface area contributed by atoms with Crippen LogP contribution in [0.3, 0.4) is 0 Å². The summed E-state index contributed by atoms with van der Waals surface area (Å²) in [6.45, 7) is 9.86. The summed E-state index contributed by atoms with van der Waals surface area (Å²) in [6, 6.07) is -0.252. The molecule has 1 N–H and O–H groups in total. The van der Waals surface area contributed by atoms with E-state index in [9.17, 15) is 14.7 Å². The Labute approximate surface area is 160 Å². The second-order valence-electron chi connectivity index (χ2n) is 7.95. The minimum atomic E-state index is -0.540. The summed E-state index contributed by atoms with van der Waals surface area (Å²) in [4.78, 5) is 28.8. The molecule has 8 nitrogen and oxygen atoms in total. The largest absolute Gasteiger partial charge is 0.391 e. The second-order valence-corrected chi connectivity index (χ2v) is 7.95. The van der Waals surface area contributed by atoms with E-state index in [-0.39, 0.29) is 29.7 Å². The molecule has 1 aromatic rings. The number of aliphatic hydroxyl groups is 1. The molecular formula is C19H31N5O3. The van der Waals surface area contributed by atoms with Crippen LogP contribution in [0.4, 0.5) is 0 Å². The van der Waals surface area contributed by atoms with Crippen LogP contribution in [-0.2, 0) is 22.7 Å². The van der Waals surface area contributed by atoms with Crippen molar-refractivity contribution < 1.29 is 14.7 Å². The van der Waals surface area contributed by atoms with E-state index < -0.39 is 6.10 Å². The molecule has 2 aliphatic rings. The van der Waals surface area contributed by atoms with Crippen molar-refractivity contribution in [1.82, 2.24) is 24.6 Å². The summed E-state index contributed by atoms with van der Waals surface area (Å²) < 4.78 is 2.03. The Bertz CT molecular complexity index is 698. The number of nitrogens with zero attached hydrogens (tertiary/aromatic N) is 5. The third-order valence-electron chi connectivity index (χ3n) is 5.78. The maximum absolute atomic E-state index is 12.7. The molecule has 2 atom stereocenters. The third-order valence-corrected chi connectivity index (χ3v) is 5.78. The third kappa shape index (κ3) is 3.72. The highest BCUT2D eigenvalue weighted by molar-refractivity contribution is 5.79. The maximum atomic E-state index is 12.7. The fourth-order valence-corrected chi connectivity index (χ4v) is 4.14. The van der Waals surface area contributed by atoms with Crippen LogP contribution in [0.2, 0.25) is 0 Å². The minimum absolute atomic E-state index is 0.0234. The number of aliphatic hydroxyl groups excluding tert-OH is 1. The zero-order valence-electron chi connectivity index (χ0n) is 16.8. The Kier molecular flexibility index (Phi) is 5.83. The van der Waals surface area contributed by atoms with E-state index in [2.05, 4.69) is 10.2 Å². The molecule has 0 spiro atoms. The molecule has 1 aromatic heterocycles. The van der Waals surface area contributed by atoms with Gasteiger partial charge in [0.1, 0.15) is 0 Å². The van der Waals surface area contributed by atoms with Crippen molar-refractivity contribution in [1.29, 1.82) is 0 Å². The molecule has 8 heteroatoms. The van der Waals surface area contributed by atoms with Crippen LogP contribution in [0.5, 0.6) is 0 Å². The molecule has 150 valence electrons. The van der Waals surface area contributed by atoms with E-state index in [0.717, 1.165) is 24.5 Å². The van der Waals surface area contributed by atoms with Gasteiger partial charge in [-0.25, -0.2) is 0 Å². The number of amides is 2. The Hall–Kier alpha value is -1.96.